The van der Waals surface area contributed by atoms with Crippen LogP contribution in [0.5, 0.6) is 5.75 Å². The van der Waals surface area contributed by atoms with Crippen molar-refractivity contribution in [2.24, 2.45) is 30.7 Å². The van der Waals surface area contributed by atoms with E-state index >= 15 is 0 Å². The number of aromatic hydroxyl groups is 1. The molecule has 37 heteroatoms. The van der Waals surface area contributed by atoms with E-state index in [1.54, 1.807) is 0 Å². The van der Waals surface area contributed by atoms with Gasteiger partial charge in [0, 0.05) is 5.69 Å². The molecule has 6 aromatic carbocycles. The van der Waals surface area contributed by atoms with Gasteiger partial charge in [-0.1, -0.05) is 5.04 Å². The average molecular weight is 1150 g/mol. The number of nitrogens with two attached hydrogens (primary N) is 3. The van der Waals surface area contributed by atoms with E-state index in [1.807, 2.05) is 0 Å². The fraction of sp³-hybridized carbons (Fsp3) is 0.0556. The Kier molecular flexibility index (Phi) is 16.6. The Morgan fingerprint density at radius 1 is 0.603 bits per heavy atom. The molecule has 0 aliphatic rings. The number of sulfonamides is 1. The molecule has 0 heterocycles. The van der Waals surface area contributed by atoms with Crippen LogP contribution in [-0.2, 0) is 75.0 Å². The van der Waals surface area contributed by atoms with Crippen LogP contribution < -0.4 is 21.9 Å². The second-order valence-electron chi connectivity index (χ2n) is 14.2. The van der Waals surface area contributed by atoms with Gasteiger partial charge in [0.15, 0.2) is 26.7 Å². The maximum absolute atomic E-state index is 13.2. The van der Waals surface area contributed by atoms with Crippen LogP contribution in [-0.4, -0.2) is 87.1 Å². The number of sulfone groups is 1. The first-order valence-electron chi connectivity index (χ1n) is 19.0. The lowest BCUT2D eigenvalue weighted by Gasteiger charge is -2.14. The van der Waals surface area contributed by atoms with Crippen LogP contribution in [0.1, 0.15) is 0 Å². The Hall–Kier alpha value is -6.69. The van der Waals surface area contributed by atoms with Gasteiger partial charge in [-0.2, -0.15) is 35.5 Å². The third-order valence-corrected chi connectivity index (χ3v) is 16.8. The number of fused-ring (bicyclic) bond motifs is 1. The Labute approximate surface area is 418 Å². The quantitative estimate of drug-likeness (QED) is 0.00982. The third kappa shape index (κ3) is 13.3. The van der Waals surface area contributed by atoms with Gasteiger partial charge in [0.05, 0.1) is 72.1 Å². The molecule has 30 nitrogen and oxygen atoms in total. The van der Waals surface area contributed by atoms with Gasteiger partial charge < -0.3 is 22.3 Å². The summed E-state index contributed by atoms with van der Waals surface area (Å²) in [6, 6.07) is 15.6. The Bertz CT molecular complexity index is 3870. The monoisotopic (exact) mass is 1150 g/mol. The molecule has 0 aromatic heterocycles. The molecule has 0 saturated carbocycles. The van der Waals surface area contributed by atoms with Gasteiger partial charge in [-0.25, -0.2) is 31.6 Å². The summed E-state index contributed by atoms with van der Waals surface area (Å²) >= 11 is -2.32. The van der Waals surface area contributed by atoms with E-state index in [2.05, 4.69) is 49.1 Å². The molecule has 6 aromatic rings. The number of phenolic OH excluding ortho intramolecular Hbond substituents is 1. The van der Waals surface area contributed by atoms with Gasteiger partial charge in [-0.15, -0.1) is 29.1 Å². The molecule has 0 aliphatic carbocycles. The molecular weight excluding hydrogens is 1120 g/mol. The van der Waals surface area contributed by atoms with E-state index < -0.39 is 126 Å². The number of nitrogens with one attached hydrogen (secondary N) is 1. The molecule has 0 saturated heterocycles. The summed E-state index contributed by atoms with van der Waals surface area (Å²) in [4.78, 5) is -4.09. The zero-order valence-electron chi connectivity index (χ0n) is 35.7. The van der Waals surface area contributed by atoms with E-state index in [0.29, 0.717) is 6.07 Å². The number of benzene rings is 6. The average Bonchev–Trinajstić information content (AvgIpc) is 3.31. The SMILES string of the molecule is Nc1cc(N)c(S(=O)(=O)O)cc1/N=N/c1ccc(S(=O)(=O)Nc2ccc(/N=N/c3c(S(=O)(=O)O)cc4cc(SOOO)c(/N=N/c5ccc(S(=O)(=O)CCS(=O)OO)cc5S(=O)(=O)O)c(O)c4c3N)cc2)cc1. The molecule has 0 fully saturated rings. The van der Waals surface area contributed by atoms with E-state index in [-0.39, 0.29) is 61.3 Å². The van der Waals surface area contributed by atoms with Gasteiger partial charge in [0.25, 0.3) is 40.4 Å². The first-order valence-corrected chi connectivity index (χ1v) is 28.4. The van der Waals surface area contributed by atoms with Crippen molar-refractivity contribution in [3.05, 3.63) is 91.0 Å². The summed E-state index contributed by atoms with van der Waals surface area (Å²) in [5.74, 6) is -2.62. The van der Waals surface area contributed by atoms with Crippen molar-refractivity contribution < 1.29 is 89.3 Å². The number of hydrogen-bond acceptors (Lipinski definition) is 27. The molecule has 73 heavy (non-hydrogen) atoms. The maximum atomic E-state index is 13.2. The molecule has 0 aliphatic heterocycles. The molecule has 1 unspecified atom stereocenters. The zero-order chi connectivity index (χ0) is 53.8. The smallest absolute Gasteiger partial charge is 0.296 e. The van der Waals surface area contributed by atoms with Crippen molar-refractivity contribution in [1.29, 1.82) is 0 Å². The molecule has 0 amide bonds. The van der Waals surface area contributed by atoms with Crippen LogP contribution in [0.25, 0.3) is 10.8 Å². The van der Waals surface area contributed by atoms with Crippen molar-refractivity contribution >= 4 is 141 Å². The fourth-order valence-corrected chi connectivity index (χ4v) is 11.9. The minimum absolute atomic E-state index is 0.0101. The Morgan fingerprint density at radius 3 is 1.75 bits per heavy atom. The van der Waals surface area contributed by atoms with Gasteiger partial charge in [0.1, 0.15) is 37.4 Å². The number of azo groups is 3. The molecule has 388 valence electrons. The van der Waals surface area contributed by atoms with Crippen molar-refractivity contribution in [1.82, 2.24) is 0 Å². The highest BCUT2D eigenvalue weighted by Crippen LogP contribution is 2.50. The maximum Gasteiger partial charge on any atom is 0.296 e. The molecular formula is C36H32N10O20S7. The summed E-state index contributed by atoms with van der Waals surface area (Å²) in [6.07, 6.45) is 0. The lowest BCUT2D eigenvalue weighted by Crippen LogP contribution is -2.15. The fourth-order valence-electron chi connectivity index (χ4n) is 6.07. The largest absolute Gasteiger partial charge is 0.505 e. The van der Waals surface area contributed by atoms with Crippen molar-refractivity contribution in [2.75, 3.05) is 33.4 Å². The standard InChI is InChI=1S/C36H32N10O20S7/c37-24-16-25(38)29(71(55,56)57)17-27(24)43-40-20-5-7-22(8-6-20)70(53,54)46-21-3-1-19(2-4-21)41-45-35-31(73(61,62)63)14-18-13-28(67-66-64-48)34(36(47)32(18)33(35)39)44-42-26-10-9-23(15-30(26)72(58,59)60)69(51,52)12-11-68(50)65-49/h1-10,13-17,46-49H,11-12,37-39H2,(H,55,56,57)(H,58,59,60)(H,61,62,63)/b43-40+,44-42+,45-41+. The van der Waals surface area contributed by atoms with E-state index in [4.69, 9.17) is 27.7 Å². The molecule has 1 atom stereocenters. The van der Waals surface area contributed by atoms with Crippen LogP contribution in [0, 0.1) is 0 Å². The van der Waals surface area contributed by atoms with Crippen molar-refractivity contribution in [3.63, 3.8) is 0 Å². The first-order chi connectivity index (χ1) is 34.0. The van der Waals surface area contributed by atoms with Crippen LogP contribution in [0.3, 0.4) is 0 Å². The van der Waals surface area contributed by atoms with Crippen molar-refractivity contribution in [3.8, 4) is 5.75 Å². The molecule has 6 rings (SSSR count). The highest BCUT2D eigenvalue weighted by molar-refractivity contribution is 7.94. The second-order valence-corrected chi connectivity index (χ2v) is 24.1. The molecule has 0 radical (unpaired) electrons. The van der Waals surface area contributed by atoms with E-state index in [1.165, 1.54) is 48.5 Å². The van der Waals surface area contributed by atoms with Crippen molar-refractivity contribution in [2.45, 2.75) is 29.4 Å². The third-order valence-electron chi connectivity index (χ3n) is 9.42. The number of nitrogen functional groups attached to an aromatic ring is 3. The Morgan fingerprint density at radius 2 is 1.16 bits per heavy atom. The summed E-state index contributed by atoms with van der Waals surface area (Å²) in [7, 11) is -23.9. The predicted molar refractivity (Wildman–Crippen MR) is 257 cm³/mol. The number of anilines is 4. The molecule has 13 N–H and O–H groups in total. The van der Waals surface area contributed by atoms with Crippen LogP contribution in [0.2, 0.25) is 0 Å². The second kappa shape index (κ2) is 21.8. The summed E-state index contributed by atoms with van der Waals surface area (Å²) in [5, 5.41) is 54.8. The molecule has 0 spiro atoms. The topological polar surface area (TPSA) is 501 Å². The van der Waals surface area contributed by atoms with Gasteiger partial charge >= 0.3 is 0 Å². The number of hydrogen-bond donors (Lipinski definition) is 10. The van der Waals surface area contributed by atoms with Crippen LogP contribution in [0.15, 0.2) is 151 Å². The Balaban J connectivity index is 1.29. The highest BCUT2D eigenvalue weighted by atomic mass is 32.2. The van der Waals surface area contributed by atoms with E-state index in [0.717, 1.165) is 36.4 Å². The summed E-state index contributed by atoms with van der Waals surface area (Å²) in [6.45, 7) is 0. The minimum Gasteiger partial charge on any atom is -0.505 e. The zero-order valence-corrected chi connectivity index (χ0v) is 41.5. The van der Waals surface area contributed by atoms with Crippen LogP contribution in [0.4, 0.5) is 56.9 Å². The highest BCUT2D eigenvalue weighted by Gasteiger charge is 2.27. The van der Waals surface area contributed by atoms with Crippen LogP contribution >= 0.6 is 12.0 Å². The van der Waals surface area contributed by atoms with E-state index in [9.17, 15) is 65.1 Å². The summed E-state index contributed by atoms with van der Waals surface area (Å²) in [5.41, 5.74) is 14.4. The number of nitrogens with zero attached hydrogens (tertiary/aromatic N) is 6. The lowest BCUT2D eigenvalue weighted by molar-refractivity contribution is -0.432. The predicted octanol–water partition coefficient (Wildman–Crippen LogP) is 6.43. The first kappa shape index (κ1) is 55.6. The number of rotatable bonds is 20. The van der Waals surface area contributed by atoms with Gasteiger partial charge in [0.2, 0.25) is 0 Å². The number of phenols is 1. The minimum atomic E-state index is -5.29. The van der Waals surface area contributed by atoms with Gasteiger partial charge in [-0.3, -0.25) is 18.4 Å². The lowest BCUT2D eigenvalue weighted by atomic mass is 10.1. The summed E-state index contributed by atoms with van der Waals surface area (Å²) < 4.78 is 176. The normalized spacial score (nSPS) is 13.4. The van der Waals surface area contributed by atoms with Gasteiger partial charge in [-0.05, 0) is 96.4 Å². The molecule has 0 bridgehead atoms.